The zero-order valence-corrected chi connectivity index (χ0v) is 9.84. The van der Waals surface area contributed by atoms with Crippen LogP contribution in [0.25, 0.3) is 5.69 Å². The number of benzene rings is 1. The average Bonchev–Trinajstić information content (AvgIpc) is 2.79. The summed E-state index contributed by atoms with van der Waals surface area (Å²) in [7, 11) is 0. The van der Waals surface area contributed by atoms with Crippen LogP contribution >= 0.6 is 0 Å². The lowest BCUT2D eigenvalue weighted by Crippen LogP contribution is -2.30. The van der Waals surface area contributed by atoms with Gasteiger partial charge in [-0.2, -0.15) is 0 Å². The average molecular weight is 215 g/mol. The van der Waals surface area contributed by atoms with E-state index in [4.69, 9.17) is 0 Å². The van der Waals surface area contributed by atoms with Crippen molar-refractivity contribution in [2.24, 2.45) is 0 Å². The topological polar surface area (TPSA) is 8.81 Å². The van der Waals surface area contributed by atoms with Gasteiger partial charge in [-0.1, -0.05) is 31.5 Å². The van der Waals surface area contributed by atoms with E-state index in [1.54, 1.807) is 0 Å². The van der Waals surface area contributed by atoms with Crippen LogP contribution < -0.4 is 4.57 Å². The molecule has 2 aromatic rings. The van der Waals surface area contributed by atoms with Gasteiger partial charge in [-0.3, -0.25) is 0 Å². The highest BCUT2D eigenvalue weighted by atomic mass is 15.1. The van der Waals surface area contributed by atoms with Crippen LogP contribution in [0.1, 0.15) is 26.2 Å². The SMILES string of the molecule is CCCCC[n+]1ccn(-c2ccccc2)c1. The molecular weight excluding hydrogens is 196 g/mol. The molecule has 0 saturated carbocycles. The van der Waals surface area contributed by atoms with Crippen LogP contribution in [0.2, 0.25) is 0 Å². The van der Waals surface area contributed by atoms with Crippen molar-refractivity contribution in [1.82, 2.24) is 4.57 Å². The highest BCUT2D eigenvalue weighted by Crippen LogP contribution is 2.04. The standard InChI is InChI=1S/C14H19N2/c1-2-3-7-10-15-11-12-16(13-15)14-8-5-4-6-9-14/h4-6,8-9,11-13H,2-3,7,10H2,1H3/q+1. The zero-order chi connectivity index (χ0) is 11.2. The molecule has 0 unspecified atom stereocenters. The number of rotatable bonds is 5. The molecule has 0 saturated heterocycles. The fourth-order valence-electron chi connectivity index (χ4n) is 1.82. The summed E-state index contributed by atoms with van der Waals surface area (Å²) >= 11 is 0. The smallest absolute Gasteiger partial charge is 0.236 e. The quantitative estimate of drug-likeness (QED) is 0.535. The van der Waals surface area contributed by atoms with Crippen LogP contribution in [0, 0.1) is 0 Å². The first kappa shape index (κ1) is 10.9. The molecule has 0 N–H and O–H groups in total. The van der Waals surface area contributed by atoms with E-state index < -0.39 is 0 Å². The van der Waals surface area contributed by atoms with Gasteiger partial charge in [0.15, 0.2) is 0 Å². The zero-order valence-electron chi connectivity index (χ0n) is 9.84. The molecule has 0 spiro atoms. The minimum absolute atomic E-state index is 1.12. The van der Waals surface area contributed by atoms with Gasteiger partial charge in [0, 0.05) is 0 Å². The van der Waals surface area contributed by atoms with Gasteiger partial charge in [0.05, 0.1) is 6.54 Å². The maximum atomic E-state index is 2.25. The summed E-state index contributed by atoms with van der Waals surface area (Å²) in [5.74, 6) is 0. The molecule has 0 amide bonds. The Bertz CT molecular complexity index is 417. The lowest BCUT2D eigenvalue weighted by molar-refractivity contribution is -0.696. The lowest BCUT2D eigenvalue weighted by atomic mass is 10.2. The fourth-order valence-corrected chi connectivity index (χ4v) is 1.82. The lowest BCUT2D eigenvalue weighted by Gasteiger charge is -1.95. The van der Waals surface area contributed by atoms with E-state index >= 15 is 0 Å². The molecule has 2 rings (SSSR count). The molecule has 0 aliphatic carbocycles. The summed E-state index contributed by atoms with van der Waals surface area (Å²) in [6.45, 7) is 3.35. The molecular formula is C14H19N2+. The molecule has 2 nitrogen and oxygen atoms in total. The Morgan fingerprint density at radius 1 is 1.12 bits per heavy atom. The molecule has 0 aliphatic rings. The maximum Gasteiger partial charge on any atom is 0.248 e. The third-order valence-electron chi connectivity index (χ3n) is 2.77. The number of aromatic nitrogens is 2. The van der Waals surface area contributed by atoms with E-state index in [1.165, 1.54) is 24.9 Å². The predicted octanol–water partition coefficient (Wildman–Crippen LogP) is 2.96. The summed E-state index contributed by atoms with van der Waals surface area (Å²) in [5.41, 5.74) is 1.22. The Morgan fingerprint density at radius 3 is 2.69 bits per heavy atom. The van der Waals surface area contributed by atoms with Crippen molar-refractivity contribution in [3.05, 3.63) is 49.1 Å². The number of unbranched alkanes of at least 4 members (excludes halogenated alkanes) is 2. The van der Waals surface area contributed by atoms with Crippen LogP contribution in [0.15, 0.2) is 49.1 Å². The number of imidazole rings is 1. The Balaban J connectivity index is 2.02. The third kappa shape index (κ3) is 2.72. The number of nitrogens with zero attached hydrogens (tertiary/aromatic N) is 2. The molecule has 2 heteroatoms. The molecule has 0 atom stereocenters. The van der Waals surface area contributed by atoms with E-state index in [9.17, 15) is 0 Å². The number of para-hydroxylation sites is 1. The second-order valence-electron chi connectivity index (χ2n) is 4.10. The summed E-state index contributed by atoms with van der Waals surface area (Å²) in [4.78, 5) is 0. The van der Waals surface area contributed by atoms with Crippen LogP contribution in [0.4, 0.5) is 0 Å². The number of aryl methyl sites for hydroxylation is 1. The van der Waals surface area contributed by atoms with Crippen LogP contribution in [0.3, 0.4) is 0 Å². The van der Waals surface area contributed by atoms with Crippen molar-refractivity contribution in [3.63, 3.8) is 0 Å². The van der Waals surface area contributed by atoms with Gasteiger partial charge >= 0.3 is 0 Å². The first-order valence-corrected chi connectivity index (χ1v) is 6.02. The van der Waals surface area contributed by atoms with Gasteiger partial charge in [-0.25, -0.2) is 9.13 Å². The van der Waals surface area contributed by atoms with Crippen molar-refractivity contribution in [1.29, 1.82) is 0 Å². The van der Waals surface area contributed by atoms with Gasteiger partial charge in [-0.05, 0) is 25.0 Å². The molecule has 0 radical (unpaired) electrons. The molecule has 84 valence electrons. The summed E-state index contributed by atoms with van der Waals surface area (Å²) in [5, 5.41) is 0. The van der Waals surface area contributed by atoms with Crippen LogP contribution in [0.5, 0.6) is 0 Å². The van der Waals surface area contributed by atoms with Gasteiger partial charge in [-0.15, -0.1) is 0 Å². The van der Waals surface area contributed by atoms with Gasteiger partial charge in [0.2, 0.25) is 6.33 Å². The van der Waals surface area contributed by atoms with Gasteiger partial charge in [0.25, 0.3) is 0 Å². The van der Waals surface area contributed by atoms with Crippen molar-refractivity contribution >= 4 is 0 Å². The monoisotopic (exact) mass is 215 g/mol. The summed E-state index contributed by atoms with van der Waals surface area (Å²) in [6.07, 6.45) is 10.3. The normalized spacial score (nSPS) is 10.6. The van der Waals surface area contributed by atoms with Gasteiger partial charge in [0.1, 0.15) is 18.1 Å². The van der Waals surface area contributed by atoms with Crippen molar-refractivity contribution < 1.29 is 4.57 Å². The predicted molar refractivity (Wildman–Crippen MR) is 65.5 cm³/mol. The summed E-state index contributed by atoms with van der Waals surface area (Å²) in [6, 6.07) is 10.4. The largest absolute Gasteiger partial charge is 0.248 e. The second-order valence-corrected chi connectivity index (χ2v) is 4.10. The molecule has 0 fully saturated rings. The first-order valence-electron chi connectivity index (χ1n) is 6.02. The van der Waals surface area contributed by atoms with E-state index in [2.05, 4.69) is 59.0 Å². The van der Waals surface area contributed by atoms with E-state index in [0.717, 1.165) is 6.54 Å². The highest BCUT2D eigenvalue weighted by Gasteiger charge is 2.04. The second kappa shape index (κ2) is 5.50. The molecule has 16 heavy (non-hydrogen) atoms. The van der Waals surface area contributed by atoms with Crippen molar-refractivity contribution in [2.75, 3.05) is 0 Å². The van der Waals surface area contributed by atoms with Gasteiger partial charge < -0.3 is 0 Å². The van der Waals surface area contributed by atoms with E-state index in [-0.39, 0.29) is 0 Å². The number of hydrogen-bond donors (Lipinski definition) is 0. The fraction of sp³-hybridized carbons (Fsp3) is 0.357. The Labute approximate surface area is 97.2 Å². The highest BCUT2D eigenvalue weighted by molar-refractivity contribution is 5.30. The van der Waals surface area contributed by atoms with E-state index in [0.29, 0.717) is 0 Å². The first-order chi connectivity index (χ1) is 7.90. The third-order valence-corrected chi connectivity index (χ3v) is 2.77. The van der Waals surface area contributed by atoms with Crippen LogP contribution in [-0.2, 0) is 6.54 Å². The van der Waals surface area contributed by atoms with Crippen molar-refractivity contribution in [3.8, 4) is 5.69 Å². The molecule has 1 heterocycles. The maximum absolute atomic E-state index is 2.25. The van der Waals surface area contributed by atoms with Crippen LogP contribution in [-0.4, -0.2) is 4.57 Å². The summed E-state index contributed by atoms with van der Waals surface area (Å²) < 4.78 is 4.41. The Kier molecular flexibility index (Phi) is 3.76. The minimum atomic E-state index is 1.12. The molecule has 1 aromatic heterocycles. The van der Waals surface area contributed by atoms with Crippen molar-refractivity contribution in [2.45, 2.75) is 32.7 Å². The van der Waals surface area contributed by atoms with E-state index in [1.807, 2.05) is 6.07 Å². The molecule has 1 aromatic carbocycles. The number of hydrogen-bond acceptors (Lipinski definition) is 0. The molecule has 0 bridgehead atoms. The molecule has 0 aliphatic heterocycles. The Morgan fingerprint density at radius 2 is 1.94 bits per heavy atom. The Hall–Kier alpha value is -1.57. The minimum Gasteiger partial charge on any atom is -0.236 e.